The second-order valence-corrected chi connectivity index (χ2v) is 6.70. The molecular weight excluding hydrogens is 358 g/mol. The van der Waals surface area contributed by atoms with E-state index < -0.39 is 5.97 Å². The Balaban J connectivity index is 1.92. The van der Waals surface area contributed by atoms with Crippen LogP contribution in [0.25, 0.3) is 32.0 Å². The average molecular weight is 370 g/mol. The highest BCUT2D eigenvalue weighted by molar-refractivity contribution is 7.18. The number of H-pyrrole nitrogens is 1. The molecule has 0 saturated carbocycles. The summed E-state index contributed by atoms with van der Waals surface area (Å²) >= 11 is 7.60. The first kappa shape index (κ1) is 15.8. The number of nitrogens with zero attached hydrogens (tertiary/aromatic N) is 2. The molecule has 0 unspecified atom stereocenters. The number of para-hydroxylation sites is 1. The van der Waals surface area contributed by atoms with Crippen LogP contribution in [-0.4, -0.2) is 28.3 Å². The molecule has 0 aliphatic carbocycles. The van der Waals surface area contributed by atoms with E-state index in [0.717, 1.165) is 21.3 Å². The highest BCUT2D eigenvalue weighted by Gasteiger charge is 2.23. The number of carbonyl (C=O) groups excluding carboxylic acids is 1. The summed E-state index contributed by atoms with van der Waals surface area (Å²) in [6.07, 6.45) is 0. The molecule has 25 heavy (non-hydrogen) atoms. The number of carbonyl (C=O) groups is 1. The molecule has 0 saturated heterocycles. The standard InChI is InChI=1S/C18H12ClN3O2S/c1-24-18(23)15-16(10-6-3-2-4-7-10)25-17(20-15)14-11-8-5-9-12(19)13(11)21-22-14/h2-9H,1H3,(H,21,22). The Labute approximate surface area is 152 Å². The summed E-state index contributed by atoms with van der Waals surface area (Å²) < 4.78 is 4.89. The molecular formula is C18H12ClN3O2S. The Morgan fingerprint density at radius 2 is 1.96 bits per heavy atom. The Bertz CT molecular complexity index is 1070. The summed E-state index contributed by atoms with van der Waals surface area (Å²) in [5.41, 5.74) is 2.60. The van der Waals surface area contributed by atoms with Crippen LogP contribution < -0.4 is 0 Å². The fourth-order valence-corrected chi connectivity index (χ4v) is 3.89. The lowest BCUT2D eigenvalue weighted by Crippen LogP contribution is -2.03. The minimum Gasteiger partial charge on any atom is -0.464 e. The molecule has 2 aromatic carbocycles. The van der Waals surface area contributed by atoms with Crippen molar-refractivity contribution in [3.8, 4) is 21.1 Å². The van der Waals surface area contributed by atoms with Gasteiger partial charge in [-0.25, -0.2) is 9.78 Å². The predicted octanol–water partition coefficient (Wildman–Crippen LogP) is 4.79. The van der Waals surface area contributed by atoms with Crippen molar-refractivity contribution in [1.82, 2.24) is 15.2 Å². The van der Waals surface area contributed by atoms with Gasteiger partial charge in [0.05, 0.1) is 22.5 Å². The molecule has 0 aliphatic rings. The molecule has 0 aliphatic heterocycles. The Hall–Kier alpha value is -2.70. The molecule has 0 spiro atoms. The van der Waals surface area contributed by atoms with Crippen molar-refractivity contribution in [3.05, 3.63) is 59.2 Å². The second-order valence-electron chi connectivity index (χ2n) is 5.29. The van der Waals surface area contributed by atoms with E-state index in [1.165, 1.54) is 18.4 Å². The zero-order chi connectivity index (χ0) is 17.4. The van der Waals surface area contributed by atoms with Crippen LogP contribution in [0.5, 0.6) is 0 Å². The predicted molar refractivity (Wildman–Crippen MR) is 99.0 cm³/mol. The van der Waals surface area contributed by atoms with Crippen molar-refractivity contribution in [2.45, 2.75) is 0 Å². The first-order chi connectivity index (χ1) is 12.2. The summed E-state index contributed by atoms with van der Waals surface area (Å²) in [7, 11) is 1.35. The lowest BCUT2D eigenvalue weighted by atomic mass is 10.1. The van der Waals surface area contributed by atoms with Gasteiger partial charge >= 0.3 is 5.97 Å². The fourth-order valence-electron chi connectivity index (χ4n) is 2.61. The lowest BCUT2D eigenvalue weighted by Gasteiger charge is -1.99. The highest BCUT2D eigenvalue weighted by atomic mass is 35.5. The normalized spacial score (nSPS) is 11.0. The van der Waals surface area contributed by atoms with Crippen LogP contribution in [0, 0.1) is 0 Å². The monoisotopic (exact) mass is 369 g/mol. The average Bonchev–Trinajstić information content (AvgIpc) is 3.26. The Morgan fingerprint density at radius 1 is 1.16 bits per heavy atom. The van der Waals surface area contributed by atoms with E-state index in [4.69, 9.17) is 16.3 Å². The van der Waals surface area contributed by atoms with Gasteiger partial charge in [-0.05, 0) is 11.6 Å². The molecule has 1 N–H and O–H groups in total. The summed E-state index contributed by atoms with van der Waals surface area (Å²) in [5, 5.41) is 9.36. The zero-order valence-corrected chi connectivity index (χ0v) is 14.7. The molecule has 5 nitrogen and oxygen atoms in total. The second kappa shape index (κ2) is 6.31. The van der Waals surface area contributed by atoms with Gasteiger partial charge in [-0.3, -0.25) is 5.10 Å². The van der Waals surface area contributed by atoms with Gasteiger partial charge in [-0.1, -0.05) is 54.1 Å². The smallest absolute Gasteiger partial charge is 0.358 e. The molecule has 0 bridgehead atoms. The van der Waals surface area contributed by atoms with E-state index >= 15 is 0 Å². The zero-order valence-electron chi connectivity index (χ0n) is 13.1. The molecule has 0 fully saturated rings. The largest absolute Gasteiger partial charge is 0.464 e. The molecule has 7 heteroatoms. The minimum absolute atomic E-state index is 0.284. The van der Waals surface area contributed by atoms with Crippen LogP contribution in [0.4, 0.5) is 0 Å². The lowest BCUT2D eigenvalue weighted by molar-refractivity contribution is 0.0596. The number of nitrogens with one attached hydrogen (secondary N) is 1. The van der Waals surface area contributed by atoms with Crippen molar-refractivity contribution >= 4 is 39.8 Å². The molecule has 0 atom stereocenters. The first-order valence-corrected chi connectivity index (χ1v) is 8.66. The third kappa shape index (κ3) is 2.69. The van der Waals surface area contributed by atoms with Crippen molar-refractivity contribution in [1.29, 1.82) is 0 Å². The molecule has 124 valence electrons. The van der Waals surface area contributed by atoms with E-state index in [0.29, 0.717) is 15.7 Å². The number of hydrogen-bond acceptors (Lipinski definition) is 5. The molecule has 0 radical (unpaired) electrons. The number of thiazole rings is 1. The number of methoxy groups -OCH3 is 1. The van der Waals surface area contributed by atoms with Crippen LogP contribution in [-0.2, 0) is 4.74 Å². The molecule has 2 heterocycles. The Kier molecular flexibility index (Phi) is 3.99. The van der Waals surface area contributed by atoms with E-state index in [-0.39, 0.29) is 5.69 Å². The molecule has 2 aromatic heterocycles. The summed E-state index contributed by atoms with van der Waals surface area (Å²) in [6.45, 7) is 0. The van der Waals surface area contributed by atoms with Gasteiger partial charge in [0.2, 0.25) is 0 Å². The first-order valence-electron chi connectivity index (χ1n) is 7.46. The van der Waals surface area contributed by atoms with Crippen LogP contribution >= 0.6 is 22.9 Å². The van der Waals surface area contributed by atoms with Crippen LogP contribution in [0.2, 0.25) is 5.02 Å². The van der Waals surface area contributed by atoms with Gasteiger partial charge in [-0.2, -0.15) is 5.10 Å². The third-order valence-corrected chi connectivity index (χ3v) is 5.22. The van der Waals surface area contributed by atoms with Gasteiger partial charge in [-0.15, -0.1) is 11.3 Å². The number of benzene rings is 2. The number of aromatic nitrogens is 3. The SMILES string of the molecule is COC(=O)c1nc(-c2n[nH]c3c(Cl)cccc23)sc1-c1ccccc1. The number of esters is 1. The molecule has 4 rings (SSSR count). The molecule has 4 aromatic rings. The van der Waals surface area contributed by atoms with Crippen LogP contribution in [0.15, 0.2) is 48.5 Å². The fraction of sp³-hybridized carbons (Fsp3) is 0.0556. The van der Waals surface area contributed by atoms with E-state index in [1.807, 2.05) is 42.5 Å². The van der Waals surface area contributed by atoms with Gasteiger partial charge in [0.15, 0.2) is 5.69 Å². The summed E-state index contributed by atoms with van der Waals surface area (Å²) in [5.74, 6) is -0.473. The van der Waals surface area contributed by atoms with Crippen LogP contribution in [0.3, 0.4) is 0 Å². The quantitative estimate of drug-likeness (QED) is 0.527. The maximum absolute atomic E-state index is 12.2. The topological polar surface area (TPSA) is 67.9 Å². The number of rotatable bonds is 3. The van der Waals surface area contributed by atoms with Gasteiger partial charge in [0.1, 0.15) is 10.7 Å². The maximum atomic E-state index is 12.2. The highest BCUT2D eigenvalue weighted by Crippen LogP contribution is 2.38. The third-order valence-electron chi connectivity index (χ3n) is 3.79. The van der Waals surface area contributed by atoms with Crippen molar-refractivity contribution in [2.24, 2.45) is 0 Å². The van der Waals surface area contributed by atoms with Gasteiger partial charge < -0.3 is 4.74 Å². The summed E-state index contributed by atoms with van der Waals surface area (Å²) in [4.78, 5) is 17.4. The number of halogens is 1. The summed E-state index contributed by atoms with van der Waals surface area (Å²) in [6, 6.07) is 15.2. The van der Waals surface area contributed by atoms with E-state index in [1.54, 1.807) is 6.07 Å². The van der Waals surface area contributed by atoms with Crippen LogP contribution in [0.1, 0.15) is 10.5 Å². The minimum atomic E-state index is -0.473. The van der Waals surface area contributed by atoms with E-state index in [9.17, 15) is 4.79 Å². The van der Waals surface area contributed by atoms with E-state index in [2.05, 4.69) is 15.2 Å². The molecule has 0 amide bonds. The number of hydrogen-bond donors (Lipinski definition) is 1. The van der Waals surface area contributed by atoms with Crippen molar-refractivity contribution in [3.63, 3.8) is 0 Å². The van der Waals surface area contributed by atoms with Gasteiger partial charge in [0, 0.05) is 5.39 Å². The van der Waals surface area contributed by atoms with Gasteiger partial charge in [0.25, 0.3) is 0 Å². The number of fused-ring (bicyclic) bond motifs is 1. The number of ether oxygens (including phenoxy) is 1. The maximum Gasteiger partial charge on any atom is 0.358 e. The number of aromatic amines is 1. The Morgan fingerprint density at radius 3 is 2.72 bits per heavy atom. The van der Waals surface area contributed by atoms with Crippen molar-refractivity contribution in [2.75, 3.05) is 7.11 Å². The van der Waals surface area contributed by atoms with Crippen molar-refractivity contribution < 1.29 is 9.53 Å².